The maximum Gasteiger partial charge on any atom is 0.220 e. The molecule has 0 saturated heterocycles. The summed E-state index contributed by atoms with van der Waals surface area (Å²) in [4.78, 5) is 0. The predicted molar refractivity (Wildman–Crippen MR) is 25.7 cm³/mol. The van der Waals surface area contributed by atoms with Gasteiger partial charge in [-0.3, -0.25) is 0 Å². The van der Waals surface area contributed by atoms with Gasteiger partial charge in [0.25, 0.3) is 0 Å². The summed E-state index contributed by atoms with van der Waals surface area (Å²) >= 11 is 0. The number of hydrogen-bond donors (Lipinski definition) is 0. The van der Waals surface area contributed by atoms with Crippen LogP contribution in [0.3, 0.4) is 0 Å². The van der Waals surface area contributed by atoms with Crippen molar-refractivity contribution in [2.24, 2.45) is 0 Å². The maximum atomic E-state index is 4.74. The largest absolute Gasteiger partial charge is 0.554 e. The second kappa shape index (κ2) is 2.14. The Morgan fingerprint density at radius 1 is 1.80 bits per heavy atom. The van der Waals surface area contributed by atoms with Crippen molar-refractivity contribution >= 4 is 14.8 Å². The van der Waals surface area contributed by atoms with E-state index in [1.807, 2.05) is 6.55 Å². The third-order valence-electron chi connectivity index (χ3n) is 0.348. The smallest absolute Gasteiger partial charge is 0.220 e. The van der Waals surface area contributed by atoms with Gasteiger partial charge in [0.05, 0.1) is 7.11 Å². The fourth-order valence-corrected chi connectivity index (χ4v) is 0. The van der Waals surface area contributed by atoms with Gasteiger partial charge < -0.3 is 4.43 Å². The van der Waals surface area contributed by atoms with E-state index in [4.69, 9.17) is 4.43 Å². The molecule has 0 radical (unpaired) electrons. The second-order valence-corrected chi connectivity index (χ2v) is 2.72. The Hall–Kier alpha value is -0.113. The van der Waals surface area contributed by atoms with E-state index in [1.165, 1.54) is 0 Å². The maximum absolute atomic E-state index is 4.74. The third kappa shape index (κ3) is 3.89. The van der Waals surface area contributed by atoms with Crippen LogP contribution in [0, 0.1) is 0 Å². The lowest BCUT2D eigenvalue weighted by atomic mass is 11.8. The molecule has 0 aromatic carbocycles. The highest BCUT2D eigenvalue weighted by molar-refractivity contribution is 6.54. The van der Waals surface area contributed by atoms with Crippen LogP contribution in [0.4, 0.5) is 0 Å². The summed E-state index contributed by atoms with van der Waals surface area (Å²) in [6.45, 7) is 1.99. The van der Waals surface area contributed by atoms with Crippen molar-refractivity contribution in [2.45, 2.75) is 6.55 Å². The van der Waals surface area contributed by atoms with Gasteiger partial charge in [0.1, 0.15) is 0 Å². The lowest BCUT2D eigenvalue weighted by molar-refractivity contribution is 0.442. The summed E-state index contributed by atoms with van der Waals surface area (Å²) in [5.41, 5.74) is 0. The topological polar surface area (TPSA) is 9.23 Å². The molecule has 0 saturated carbocycles. The van der Waals surface area contributed by atoms with Gasteiger partial charge in [-0.05, 0) is 6.55 Å². The first-order valence-corrected chi connectivity index (χ1v) is 3.58. The monoisotopic (exact) mass is 88.0 g/mol. The van der Waals surface area contributed by atoms with Gasteiger partial charge in [0.2, 0.25) is 8.65 Å². The Labute approximate surface area is 33.9 Å². The zero-order chi connectivity index (χ0) is 4.28. The van der Waals surface area contributed by atoms with E-state index >= 15 is 0 Å². The summed E-state index contributed by atoms with van der Waals surface area (Å²) in [7, 11) is 1.06. The molecule has 1 nitrogen and oxygen atoms in total. The van der Waals surface area contributed by atoms with Gasteiger partial charge in [-0.25, -0.2) is 0 Å². The third-order valence-corrected chi connectivity index (χ3v) is 1.05. The molecule has 0 heterocycles. The molecule has 0 amide bonds. The molecule has 2 heteroatoms. The quantitative estimate of drug-likeness (QED) is 0.418. The fourth-order valence-electron chi connectivity index (χ4n) is 0. The van der Waals surface area contributed by atoms with Gasteiger partial charge in [-0.1, -0.05) is 6.17 Å². The SMILES string of the molecule is C=[Si](C)OC. The molecule has 0 aliphatic rings. The molecule has 0 N–H and O–H groups in total. The first kappa shape index (κ1) is 4.89. The summed E-state index contributed by atoms with van der Waals surface area (Å²) < 4.78 is 4.74. The van der Waals surface area contributed by atoms with Crippen LogP contribution in [-0.2, 0) is 4.43 Å². The molecule has 0 fully saturated rings. The lowest BCUT2D eigenvalue weighted by Crippen LogP contribution is -1.93. The summed E-state index contributed by atoms with van der Waals surface area (Å²) in [5, 5.41) is 0. The molecular formula is C3H8OSi. The highest BCUT2D eigenvalue weighted by Gasteiger charge is 1.70. The lowest BCUT2D eigenvalue weighted by Gasteiger charge is -1.86. The van der Waals surface area contributed by atoms with Gasteiger partial charge in [-0.2, -0.15) is 0 Å². The molecule has 0 aromatic heterocycles. The minimum atomic E-state index is -0.624. The van der Waals surface area contributed by atoms with Crippen LogP contribution in [0.15, 0.2) is 0 Å². The second-order valence-electron chi connectivity index (χ2n) is 0.906. The molecule has 30 valence electrons. The van der Waals surface area contributed by atoms with E-state index in [-0.39, 0.29) is 0 Å². The molecule has 0 atom stereocenters. The average molecular weight is 88.2 g/mol. The van der Waals surface area contributed by atoms with Gasteiger partial charge in [0.15, 0.2) is 0 Å². The van der Waals surface area contributed by atoms with Gasteiger partial charge in [-0.15, -0.1) is 0 Å². The number of rotatable bonds is 1. The van der Waals surface area contributed by atoms with E-state index in [1.54, 1.807) is 7.11 Å². The summed E-state index contributed by atoms with van der Waals surface area (Å²) in [5.74, 6) is 0. The van der Waals surface area contributed by atoms with Crippen LogP contribution in [0.25, 0.3) is 0 Å². The van der Waals surface area contributed by atoms with E-state index in [2.05, 4.69) is 6.17 Å². The Balaban J connectivity index is 2.85. The zero-order valence-electron chi connectivity index (χ0n) is 3.62. The fraction of sp³-hybridized carbons (Fsp3) is 0.667. The van der Waals surface area contributed by atoms with Crippen molar-refractivity contribution in [1.82, 2.24) is 0 Å². The van der Waals surface area contributed by atoms with E-state index in [9.17, 15) is 0 Å². The highest BCUT2D eigenvalue weighted by Crippen LogP contribution is 1.57. The minimum Gasteiger partial charge on any atom is -0.554 e. The first-order chi connectivity index (χ1) is 2.27. The molecule has 0 spiro atoms. The Bertz CT molecular complexity index is 42.2. The van der Waals surface area contributed by atoms with E-state index in [0.717, 1.165) is 0 Å². The van der Waals surface area contributed by atoms with Crippen LogP contribution in [-0.4, -0.2) is 21.9 Å². The van der Waals surface area contributed by atoms with Crippen molar-refractivity contribution < 1.29 is 4.43 Å². The Morgan fingerprint density at radius 3 is 2.00 bits per heavy atom. The molecule has 0 bridgehead atoms. The summed E-state index contributed by atoms with van der Waals surface area (Å²) in [6, 6.07) is 0. The molecule has 0 unspecified atom stereocenters. The Morgan fingerprint density at radius 2 is 2.00 bits per heavy atom. The first-order valence-electron chi connectivity index (χ1n) is 1.47. The normalized spacial score (nSPS) is 6.80. The van der Waals surface area contributed by atoms with E-state index in [0.29, 0.717) is 0 Å². The van der Waals surface area contributed by atoms with Crippen LogP contribution in [0.2, 0.25) is 6.55 Å². The van der Waals surface area contributed by atoms with Gasteiger partial charge >= 0.3 is 0 Å². The van der Waals surface area contributed by atoms with Crippen molar-refractivity contribution in [3.63, 3.8) is 0 Å². The Kier molecular flexibility index (Phi) is 2.10. The minimum absolute atomic E-state index is 0.624. The standard InChI is InChI=1S/C3H8OSi/c1-4-5(2)3/h2H2,1,3H3. The molecule has 0 aliphatic heterocycles. The number of hydrogen-bond acceptors (Lipinski definition) is 1. The van der Waals surface area contributed by atoms with Crippen LogP contribution >= 0.6 is 0 Å². The zero-order valence-corrected chi connectivity index (χ0v) is 4.62. The van der Waals surface area contributed by atoms with Crippen LogP contribution < -0.4 is 0 Å². The average Bonchev–Trinajstić information content (AvgIpc) is 1.38. The van der Waals surface area contributed by atoms with Crippen molar-refractivity contribution in [1.29, 1.82) is 0 Å². The van der Waals surface area contributed by atoms with Crippen LogP contribution in [0.5, 0.6) is 0 Å². The van der Waals surface area contributed by atoms with Crippen molar-refractivity contribution in [3.8, 4) is 0 Å². The van der Waals surface area contributed by atoms with E-state index < -0.39 is 8.65 Å². The molecule has 0 aromatic rings. The predicted octanol–water partition coefficient (Wildman–Crippen LogP) is 0.268. The molecule has 0 rings (SSSR count). The van der Waals surface area contributed by atoms with Gasteiger partial charge in [0, 0.05) is 0 Å². The molecular weight excluding hydrogens is 80.1 g/mol. The van der Waals surface area contributed by atoms with Crippen LogP contribution in [0.1, 0.15) is 0 Å². The van der Waals surface area contributed by atoms with Crippen molar-refractivity contribution in [2.75, 3.05) is 7.11 Å². The summed E-state index contributed by atoms with van der Waals surface area (Å²) in [6.07, 6.45) is 3.64. The highest BCUT2D eigenvalue weighted by atomic mass is 28.3. The molecule has 0 aliphatic carbocycles. The molecule has 5 heavy (non-hydrogen) atoms. The van der Waals surface area contributed by atoms with Crippen molar-refractivity contribution in [3.05, 3.63) is 0 Å².